The lowest BCUT2D eigenvalue weighted by molar-refractivity contribution is -0.156. The molecule has 39 heavy (non-hydrogen) atoms. The lowest BCUT2D eigenvalue weighted by Gasteiger charge is -2.41. The van der Waals surface area contributed by atoms with E-state index in [4.69, 9.17) is 9.47 Å². The van der Waals surface area contributed by atoms with Crippen LogP contribution in [0.25, 0.3) is 0 Å². The van der Waals surface area contributed by atoms with Gasteiger partial charge in [-0.05, 0) is 32.1 Å². The number of aliphatic hydroxyl groups excluding tert-OH is 1. The summed E-state index contributed by atoms with van der Waals surface area (Å²) in [6.45, 7) is 18.1. The number of morpholine rings is 1. The number of hydrogen-bond acceptors (Lipinski definition) is 8. The van der Waals surface area contributed by atoms with E-state index in [1.807, 2.05) is 20.8 Å². The summed E-state index contributed by atoms with van der Waals surface area (Å²) in [5, 5.41) is 10.4. The van der Waals surface area contributed by atoms with Crippen molar-refractivity contribution in [2.45, 2.75) is 61.6 Å². The molecule has 0 radical (unpaired) electrons. The van der Waals surface area contributed by atoms with Crippen molar-refractivity contribution in [2.75, 3.05) is 59.2 Å². The average Bonchev–Trinajstić information content (AvgIpc) is 3.48. The number of nitrogens with zero attached hydrogens (tertiary/aromatic N) is 3. The van der Waals surface area contributed by atoms with Crippen LogP contribution in [-0.2, 0) is 23.9 Å². The van der Waals surface area contributed by atoms with Crippen LogP contribution in [0.2, 0.25) is 0 Å². The Morgan fingerprint density at radius 3 is 2.59 bits per heavy atom. The van der Waals surface area contributed by atoms with Gasteiger partial charge in [-0.2, -0.15) is 0 Å². The van der Waals surface area contributed by atoms with Gasteiger partial charge in [-0.25, -0.2) is 0 Å². The van der Waals surface area contributed by atoms with Crippen LogP contribution in [0.1, 0.15) is 40.0 Å². The fraction of sp³-hybridized carbons (Fsp3) is 0.759. The van der Waals surface area contributed by atoms with Gasteiger partial charge in [-0.3, -0.25) is 19.3 Å². The lowest BCUT2D eigenvalue weighted by Crippen LogP contribution is -2.59. The molecule has 4 heterocycles. The van der Waals surface area contributed by atoms with E-state index >= 15 is 0 Å². The number of hydrogen-bond donors (Lipinski definition) is 1. The van der Waals surface area contributed by atoms with Gasteiger partial charge in [-0.15, -0.1) is 24.9 Å². The summed E-state index contributed by atoms with van der Waals surface area (Å²) < 4.78 is 9.86. The van der Waals surface area contributed by atoms with E-state index < -0.39 is 33.4 Å². The quantitative estimate of drug-likeness (QED) is 0.206. The van der Waals surface area contributed by atoms with E-state index in [1.165, 1.54) is 0 Å². The summed E-state index contributed by atoms with van der Waals surface area (Å²) in [5.74, 6) is -2.09. The fourth-order valence-electron chi connectivity index (χ4n) is 7.02. The molecule has 6 atom stereocenters. The molecule has 9 nitrogen and oxygen atoms in total. The maximum atomic E-state index is 14.5. The largest absolute Gasteiger partial charge is 0.465 e. The van der Waals surface area contributed by atoms with Gasteiger partial charge in [0.15, 0.2) is 0 Å². The molecule has 2 amide bonds. The predicted octanol–water partition coefficient (Wildman–Crippen LogP) is 1.95. The highest BCUT2D eigenvalue weighted by atomic mass is 32.2. The molecule has 0 aliphatic carbocycles. The van der Waals surface area contributed by atoms with Crippen molar-refractivity contribution in [2.24, 2.45) is 17.8 Å². The van der Waals surface area contributed by atoms with Crippen LogP contribution in [-0.4, -0.2) is 118 Å². The Kier molecular flexibility index (Phi) is 9.51. The van der Waals surface area contributed by atoms with Crippen LogP contribution < -0.4 is 0 Å². The van der Waals surface area contributed by atoms with Crippen LogP contribution in [0.4, 0.5) is 0 Å². The van der Waals surface area contributed by atoms with Crippen LogP contribution in [0.3, 0.4) is 0 Å². The second kappa shape index (κ2) is 12.3. The van der Waals surface area contributed by atoms with Crippen molar-refractivity contribution in [3.8, 4) is 0 Å². The zero-order chi connectivity index (χ0) is 28.4. The first-order valence-corrected chi connectivity index (χ1v) is 15.1. The molecular weight excluding hydrogens is 518 g/mol. The molecule has 4 saturated heterocycles. The summed E-state index contributed by atoms with van der Waals surface area (Å²) >= 11 is 1.63. The number of thioether (sulfide) groups is 1. The Morgan fingerprint density at radius 2 is 1.97 bits per heavy atom. The number of carbonyl (C=O) groups is 3. The monoisotopic (exact) mass is 563 g/mol. The van der Waals surface area contributed by atoms with Crippen molar-refractivity contribution in [3.63, 3.8) is 0 Å². The smallest absolute Gasteiger partial charge is 0.311 e. The number of carbonyl (C=O) groups excluding carboxylic acids is 3. The molecule has 218 valence electrons. The van der Waals surface area contributed by atoms with E-state index in [-0.39, 0.29) is 36.9 Å². The van der Waals surface area contributed by atoms with Crippen molar-refractivity contribution in [1.29, 1.82) is 0 Å². The molecule has 1 spiro atoms. The number of esters is 1. The molecule has 2 unspecified atom stereocenters. The third-order valence-corrected chi connectivity index (χ3v) is 11.0. The number of ether oxygens (including phenoxy) is 2. The van der Waals surface area contributed by atoms with Crippen LogP contribution in [0.15, 0.2) is 25.3 Å². The maximum Gasteiger partial charge on any atom is 0.311 e. The van der Waals surface area contributed by atoms with E-state index in [9.17, 15) is 19.5 Å². The summed E-state index contributed by atoms with van der Waals surface area (Å²) in [6.07, 6.45) is 5.35. The molecule has 0 aromatic carbocycles. The van der Waals surface area contributed by atoms with Gasteiger partial charge in [0.1, 0.15) is 6.04 Å². The molecule has 4 fully saturated rings. The molecule has 10 heteroatoms. The van der Waals surface area contributed by atoms with Crippen molar-refractivity contribution < 1.29 is 29.0 Å². The molecule has 4 aliphatic rings. The first-order chi connectivity index (χ1) is 18.6. The molecular formula is C29H45N3O6S. The molecule has 0 aromatic heterocycles. The topological polar surface area (TPSA) is 99.6 Å². The highest BCUT2D eigenvalue weighted by Crippen LogP contribution is 2.71. The Hall–Kier alpha value is -1.88. The first kappa shape index (κ1) is 30.1. The number of amides is 2. The maximum absolute atomic E-state index is 14.5. The Balaban J connectivity index is 1.69. The molecule has 0 saturated carbocycles. The minimum Gasteiger partial charge on any atom is -0.465 e. The Labute approximate surface area is 236 Å². The second-order valence-electron chi connectivity index (χ2n) is 11.7. The predicted molar refractivity (Wildman–Crippen MR) is 151 cm³/mol. The summed E-state index contributed by atoms with van der Waals surface area (Å²) in [6, 6.07) is -1.29. The molecule has 2 bridgehead atoms. The minimum atomic E-state index is -0.767. The third kappa shape index (κ3) is 5.42. The standard InChI is InChI=1S/C29H45N3O6S/c1-6-8-16-38-27(36)23-22-25(34)32(21(19-33)20(3)4)24(29(22)10-9-28(23,5)39-29)26(35)31(11-7-2)13-12-30-14-17-37-18-15-30/h6-7,20-24,33H,1-2,8-19H2,3-5H3/t21-,22-,23+,24?,28-,29?/m0/s1. The van der Waals surface area contributed by atoms with E-state index in [2.05, 4.69) is 18.1 Å². The number of rotatable bonds is 13. The van der Waals surface area contributed by atoms with Crippen molar-refractivity contribution in [1.82, 2.24) is 14.7 Å². The first-order valence-electron chi connectivity index (χ1n) is 14.3. The van der Waals surface area contributed by atoms with Gasteiger partial charge in [-0.1, -0.05) is 26.0 Å². The molecule has 4 aliphatic heterocycles. The average molecular weight is 564 g/mol. The second-order valence-corrected chi connectivity index (χ2v) is 13.6. The van der Waals surface area contributed by atoms with Gasteiger partial charge in [0, 0.05) is 37.5 Å². The van der Waals surface area contributed by atoms with E-state index in [0.29, 0.717) is 45.7 Å². The van der Waals surface area contributed by atoms with Crippen LogP contribution in [0, 0.1) is 17.8 Å². The van der Waals surface area contributed by atoms with Crippen LogP contribution >= 0.6 is 11.8 Å². The molecule has 0 aromatic rings. The highest BCUT2D eigenvalue weighted by Gasteiger charge is 2.78. The van der Waals surface area contributed by atoms with Gasteiger partial charge in [0.25, 0.3) is 0 Å². The van der Waals surface area contributed by atoms with Gasteiger partial charge in [0.05, 0.1) is 49.1 Å². The van der Waals surface area contributed by atoms with E-state index in [0.717, 1.165) is 19.5 Å². The highest BCUT2D eigenvalue weighted by molar-refractivity contribution is 8.02. The lowest BCUT2D eigenvalue weighted by atomic mass is 9.66. The van der Waals surface area contributed by atoms with Crippen molar-refractivity contribution in [3.05, 3.63) is 25.3 Å². The number of likely N-dealkylation sites (tertiary alicyclic amines) is 1. The van der Waals surface area contributed by atoms with Gasteiger partial charge in [0.2, 0.25) is 11.8 Å². The third-order valence-electron chi connectivity index (χ3n) is 9.03. The normalized spacial score (nSPS) is 32.8. The summed E-state index contributed by atoms with van der Waals surface area (Å²) in [4.78, 5) is 48.0. The Bertz CT molecular complexity index is 955. The minimum absolute atomic E-state index is 0.0681. The van der Waals surface area contributed by atoms with Gasteiger partial charge >= 0.3 is 5.97 Å². The SMILES string of the molecule is C=CCCOC(=O)[C@H]1[C@H]2C(=O)N([C@@H](CO)C(C)C)C(C(=O)N(CC=C)CCN3CCOCC3)C23CC[C@]1(C)S3. The molecule has 4 rings (SSSR count). The van der Waals surface area contributed by atoms with Crippen LogP contribution in [0.5, 0.6) is 0 Å². The summed E-state index contributed by atoms with van der Waals surface area (Å²) in [7, 11) is 0. The zero-order valence-electron chi connectivity index (χ0n) is 23.7. The molecule has 1 N–H and O–H groups in total. The van der Waals surface area contributed by atoms with Gasteiger partial charge < -0.3 is 24.4 Å². The van der Waals surface area contributed by atoms with Crippen molar-refractivity contribution >= 4 is 29.5 Å². The number of aliphatic hydroxyl groups is 1. The Morgan fingerprint density at radius 1 is 1.26 bits per heavy atom. The zero-order valence-corrected chi connectivity index (χ0v) is 24.5. The van der Waals surface area contributed by atoms with E-state index in [1.54, 1.807) is 33.7 Å². The fourth-order valence-corrected chi connectivity index (χ4v) is 9.34. The number of fused-ring (bicyclic) bond motifs is 1. The summed E-state index contributed by atoms with van der Waals surface area (Å²) in [5.41, 5.74) is 0.